The molecule has 0 aliphatic heterocycles. The lowest BCUT2D eigenvalue weighted by atomic mass is 9.97. The Morgan fingerprint density at radius 2 is 1.20 bits per heavy atom. The van der Waals surface area contributed by atoms with Crippen molar-refractivity contribution in [2.24, 2.45) is 11.7 Å². The average molecular weight is 355 g/mol. The molecule has 0 rings (SSSR count). The van der Waals surface area contributed by atoms with Crippen LogP contribution in [-0.4, -0.2) is 23.5 Å². The molecular formula is C22H46N2O. The summed E-state index contributed by atoms with van der Waals surface area (Å²) >= 11 is 0. The topological polar surface area (TPSA) is 46.3 Å². The van der Waals surface area contributed by atoms with Crippen LogP contribution in [0.1, 0.15) is 118 Å². The van der Waals surface area contributed by atoms with Gasteiger partial charge in [-0.1, -0.05) is 97.8 Å². The standard InChI is InChI=1S/C22H46N2O/c1-6-7-8-9-10-11-12-13-14-15-16-17-18-19-21(25)24(5)22(4,23)20(2)3/h20H,6-19,23H2,1-5H3. The summed E-state index contributed by atoms with van der Waals surface area (Å²) in [5, 5.41) is 0. The number of rotatable bonds is 16. The van der Waals surface area contributed by atoms with Gasteiger partial charge in [-0.3, -0.25) is 4.79 Å². The molecule has 0 aromatic rings. The van der Waals surface area contributed by atoms with Crippen LogP contribution in [0, 0.1) is 5.92 Å². The molecular weight excluding hydrogens is 308 g/mol. The summed E-state index contributed by atoms with van der Waals surface area (Å²) < 4.78 is 0. The Morgan fingerprint density at radius 1 is 0.840 bits per heavy atom. The summed E-state index contributed by atoms with van der Waals surface area (Å²) in [5.41, 5.74) is 5.70. The molecule has 0 radical (unpaired) electrons. The Balaban J connectivity index is 3.48. The predicted octanol–water partition coefficient (Wildman–Crippen LogP) is 6.26. The van der Waals surface area contributed by atoms with Gasteiger partial charge in [-0.05, 0) is 19.3 Å². The first-order chi connectivity index (χ1) is 11.8. The van der Waals surface area contributed by atoms with E-state index >= 15 is 0 Å². The third kappa shape index (κ3) is 11.6. The van der Waals surface area contributed by atoms with E-state index in [0.29, 0.717) is 6.42 Å². The lowest BCUT2D eigenvalue weighted by molar-refractivity contribution is -0.136. The van der Waals surface area contributed by atoms with Crippen molar-refractivity contribution in [3.8, 4) is 0 Å². The number of carbonyl (C=O) groups excluding carboxylic acids is 1. The molecule has 25 heavy (non-hydrogen) atoms. The highest BCUT2D eigenvalue weighted by Gasteiger charge is 2.30. The van der Waals surface area contributed by atoms with Crippen molar-refractivity contribution in [2.45, 2.75) is 123 Å². The molecule has 0 saturated carbocycles. The van der Waals surface area contributed by atoms with E-state index in [1.807, 2.05) is 14.0 Å². The molecule has 150 valence electrons. The van der Waals surface area contributed by atoms with Gasteiger partial charge in [-0.2, -0.15) is 0 Å². The number of nitrogens with zero attached hydrogens (tertiary/aromatic N) is 1. The van der Waals surface area contributed by atoms with Crippen molar-refractivity contribution in [1.82, 2.24) is 4.90 Å². The quantitative estimate of drug-likeness (QED) is 0.263. The zero-order valence-electron chi connectivity index (χ0n) is 17.9. The van der Waals surface area contributed by atoms with Gasteiger partial charge in [0.15, 0.2) is 0 Å². The highest BCUT2D eigenvalue weighted by atomic mass is 16.2. The van der Waals surface area contributed by atoms with E-state index in [4.69, 9.17) is 5.73 Å². The Bertz CT molecular complexity index is 326. The fourth-order valence-electron chi connectivity index (χ4n) is 3.12. The first-order valence-electron chi connectivity index (χ1n) is 10.9. The van der Waals surface area contributed by atoms with Crippen LogP contribution in [-0.2, 0) is 4.79 Å². The first kappa shape index (κ1) is 24.4. The third-order valence-corrected chi connectivity index (χ3v) is 5.76. The largest absolute Gasteiger partial charge is 0.328 e. The lowest BCUT2D eigenvalue weighted by Crippen LogP contribution is -2.57. The molecule has 3 heteroatoms. The van der Waals surface area contributed by atoms with Gasteiger partial charge in [0.25, 0.3) is 0 Å². The summed E-state index contributed by atoms with van der Waals surface area (Å²) in [6.07, 6.45) is 17.9. The number of amides is 1. The van der Waals surface area contributed by atoms with Crippen molar-refractivity contribution in [2.75, 3.05) is 7.05 Å². The molecule has 0 aliphatic rings. The van der Waals surface area contributed by atoms with Gasteiger partial charge >= 0.3 is 0 Å². The van der Waals surface area contributed by atoms with E-state index in [0.717, 1.165) is 6.42 Å². The maximum absolute atomic E-state index is 12.2. The molecule has 3 nitrogen and oxygen atoms in total. The molecule has 1 amide bonds. The van der Waals surface area contributed by atoms with Crippen molar-refractivity contribution in [3.05, 3.63) is 0 Å². The molecule has 0 heterocycles. The number of carbonyl (C=O) groups is 1. The summed E-state index contributed by atoms with van der Waals surface area (Å²) in [6, 6.07) is 0. The first-order valence-corrected chi connectivity index (χ1v) is 10.9. The van der Waals surface area contributed by atoms with Gasteiger partial charge in [0, 0.05) is 13.5 Å². The molecule has 2 N–H and O–H groups in total. The van der Waals surface area contributed by atoms with Gasteiger partial charge in [0.05, 0.1) is 5.66 Å². The predicted molar refractivity (Wildman–Crippen MR) is 111 cm³/mol. The number of hydrogen-bond donors (Lipinski definition) is 1. The van der Waals surface area contributed by atoms with Gasteiger partial charge in [0.1, 0.15) is 0 Å². The third-order valence-electron chi connectivity index (χ3n) is 5.76. The summed E-state index contributed by atoms with van der Waals surface area (Å²) in [5.74, 6) is 0.440. The van der Waals surface area contributed by atoms with E-state index < -0.39 is 5.66 Å². The van der Waals surface area contributed by atoms with E-state index in [2.05, 4.69) is 20.8 Å². The zero-order chi connectivity index (χ0) is 19.1. The Morgan fingerprint density at radius 3 is 1.56 bits per heavy atom. The van der Waals surface area contributed by atoms with Crippen molar-refractivity contribution >= 4 is 5.91 Å². The Labute approximate surface area is 158 Å². The highest BCUT2D eigenvalue weighted by molar-refractivity contribution is 5.76. The molecule has 0 aliphatic carbocycles. The summed E-state index contributed by atoms with van der Waals surface area (Å²) in [4.78, 5) is 14.0. The van der Waals surface area contributed by atoms with Gasteiger partial charge in [0.2, 0.25) is 5.91 Å². The molecule has 0 fully saturated rings. The molecule has 1 atom stereocenters. The Hall–Kier alpha value is -0.570. The Kier molecular flexibility index (Phi) is 14.3. The SMILES string of the molecule is CCCCCCCCCCCCCCCC(=O)N(C)C(C)(N)C(C)C. The smallest absolute Gasteiger partial charge is 0.223 e. The average Bonchev–Trinajstić information content (AvgIpc) is 2.57. The van der Waals surface area contributed by atoms with Crippen molar-refractivity contribution < 1.29 is 4.79 Å². The fourth-order valence-corrected chi connectivity index (χ4v) is 3.12. The summed E-state index contributed by atoms with van der Waals surface area (Å²) in [7, 11) is 1.84. The van der Waals surface area contributed by atoms with Crippen LogP contribution in [0.5, 0.6) is 0 Å². The number of nitrogens with two attached hydrogens (primary N) is 1. The maximum atomic E-state index is 12.2. The maximum Gasteiger partial charge on any atom is 0.223 e. The second kappa shape index (κ2) is 14.6. The number of hydrogen-bond acceptors (Lipinski definition) is 2. The van der Waals surface area contributed by atoms with Crippen LogP contribution in [0.25, 0.3) is 0 Å². The van der Waals surface area contributed by atoms with Gasteiger partial charge in [-0.15, -0.1) is 0 Å². The highest BCUT2D eigenvalue weighted by Crippen LogP contribution is 2.19. The molecule has 0 saturated heterocycles. The molecule has 0 aromatic heterocycles. The number of unbranched alkanes of at least 4 members (excludes halogenated alkanes) is 12. The minimum Gasteiger partial charge on any atom is -0.328 e. The van der Waals surface area contributed by atoms with Crippen molar-refractivity contribution in [1.29, 1.82) is 0 Å². The van der Waals surface area contributed by atoms with Crippen LogP contribution in [0.15, 0.2) is 0 Å². The monoisotopic (exact) mass is 354 g/mol. The van der Waals surface area contributed by atoms with Crippen LogP contribution < -0.4 is 5.73 Å². The molecule has 0 bridgehead atoms. The molecule has 0 aromatic carbocycles. The minimum atomic E-state index is -0.548. The second-order valence-electron chi connectivity index (χ2n) is 8.33. The van der Waals surface area contributed by atoms with E-state index in [9.17, 15) is 4.79 Å². The molecule has 1 unspecified atom stereocenters. The van der Waals surface area contributed by atoms with Gasteiger partial charge < -0.3 is 10.6 Å². The molecule has 0 spiro atoms. The fraction of sp³-hybridized carbons (Fsp3) is 0.955. The second-order valence-corrected chi connectivity index (χ2v) is 8.33. The summed E-state index contributed by atoms with van der Waals surface area (Å²) in [6.45, 7) is 8.35. The van der Waals surface area contributed by atoms with Crippen LogP contribution in [0.2, 0.25) is 0 Å². The van der Waals surface area contributed by atoms with E-state index in [1.165, 1.54) is 77.0 Å². The van der Waals surface area contributed by atoms with Crippen LogP contribution in [0.4, 0.5) is 0 Å². The minimum absolute atomic E-state index is 0.182. The van der Waals surface area contributed by atoms with E-state index in [1.54, 1.807) is 4.90 Å². The lowest BCUT2D eigenvalue weighted by Gasteiger charge is -2.39. The van der Waals surface area contributed by atoms with E-state index in [-0.39, 0.29) is 11.8 Å². The van der Waals surface area contributed by atoms with Gasteiger partial charge in [-0.25, -0.2) is 0 Å². The zero-order valence-corrected chi connectivity index (χ0v) is 17.9. The normalized spacial score (nSPS) is 13.9. The van der Waals surface area contributed by atoms with Crippen molar-refractivity contribution in [3.63, 3.8) is 0 Å². The van der Waals surface area contributed by atoms with Crippen LogP contribution in [0.3, 0.4) is 0 Å². The van der Waals surface area contributed by atoms with Crippen LogP contribution >= 0.6 is 0 Å².